The van der Waals surface area contributed by atoms with E-state index in [9.17, 15) is 14.9 Å². The number of rotatable bonds is 10. The Hall–Kier alpha value is -3.11. The number of nitro groups is 1. The molecule has 34 heavy (non-hydrogen) atoms. The summed E-state index contributed by atoms with van der Waals surface area (Å²) in [5.74, 6) is 1.50. The maximum absolute atomic E-state index is 12.4. The molecule has 3 rings (SSSR count). The molecule has 0 aliphatic rings. The fourth-order valence-corrected chi connectivity index (χ4v) is 4.21. The Bertz CT molecular complexity index is 1170. The van der Waals surface area contributed by atoms with Crippen LogP contribution in [0.1, 0.15) is 51.1 Å². The van der Waals surface area contributed by atoms with Crippen molar-refractivity contribution in [3.63, 3.8) is 0 Å². The Balaban J connectivity index is 1.64. The van der Waals surface area contributed by atoms with E-state index in [0.717, 1.165) is 5.75 Å². The standard InChI is InChI=1S/C23H26ClN5O4S/c1-5-28-22(15(4)33-18-9-6-16(7-10-18)14(2)3)26-27-23(28)34-13-21(30)25-20-12-17(29(31)32)8-11-19(20)24/h6-12,14-15H,5,13H2,1-4H3,(H,25,30). The van der Waals surface area contributed by atoms with E-state index in [1.54, 1.807) is 0 Å². The van der Waals surface area contributed by atoms with Crippen molar-refractivity contribution in [2.24, 2.45) is 0 Å². The molecule has 1 heterocycles. The molecule has 1 aromatic heterocycles. The van der Waals surface area contributed by atoms with Crippen LogP contribution in [0.5, 0.6) is 5.75 Å². The molecule has 9 nitrogen and oxygen atoms in total. The maximum atomic E-state index is 12.4. The van der Waals surface area contributed by atoms with E-state index in [1.165, 1.54) is 35.5 Å². The minimum atomic E-state index is -0.548. The van der Waals surface area contributed by atoms with Gasteiger partial charge in [-0.3, -0.25) is 14.9 Å². The summed E-state index contributed by atoms with van der Waals surface area (Å²) in [5, 5.41) is 22.9. The highest BCUT2D eigenvalue weighted by Gasteiger charge is 2.20. The molecule has 1 unspecified atom stereocenters. The van der Waals surface area contributed by atoms with Crippen LogP contribution >= 0.6 is 23.4 Å². The number of nitro benzene ring substituents is 1. The van der Waals surface area contributed by atoms with Crippen molar-refractivity contribution < 1.29 is 14.5 Å². The van der Waals surface area contributed by atoms with Crippen LogP contribution in [0.2, 0.25) is 5.02 Å². The third-order valence-electron chi connectivity index (χ3n) is 5.05. The van der Waals surface area contributed by atoms with E-state index in [2.05, 4.69) is 29.4 Å². The average molecular weight is 504 g/mol. The zero-order valence-corrected chi connectivity index (χ0v) is 20.9. The predicted octanol–water partition coefficient (Wildman–Crippen LogP) is 5.85. The zero-order valence-electron chi connectivity index (χ0n) is 19.3. The molecule has 0 saturated heterocycles. The molecule has 3 aromatic rings. The molecule has 180 valence electrons. The van der Waals surface area contributed by atoms with Crippen molar-refractivity contribution in [1.29, 1.82) is 0 Å². The Morgan fingerprint density at radius 3 is 2.53 bits per heavy atom. The Morgan fingerprint density at radius 1 is 1.21 bits per heavy atom. The number of carbonyl (C=O) groups is 1. The van der Waals surface area contributed by atoms with Crippen LogP contribution in [0.15, 0.2) is 47.6 Å². The van der Waals surface area contributed by atoms with E-state index in [0.29, 0.717) is 23.4 Å². The molecular formula is C23H26ClN5O4S. The smallest absolute Gasteiger partial charge is 0.271 e. The number of non-ortho nitro benzene ring substituents is 1. The van der Waals surface area contributed by atoms with Gasteiger partial charge in [-0.1, -0.05) is 49.3 Å². The summed E-state index contributed by atoms with van der Waals surface area (Å²) in [6.07, 6.45) is -0.343. The summed E-state index contributed by atoms with van der Waals surface area (Å²) in [4.78, 5) is 22.8. The SMILES string of the molecule is CCn1c(SCC(=O)Nc2cc([N+](=O)[O-])ccc2Cl)nnc1C(C)Oc1ccc(C(C)C)cc1. The van der Waals surface area contributed by atoms with Crippen molar-refractivity contribution in [3.05, 3.63) is 69.0 Å². The largest absolute Gasteiger partial charge is 0.483 e. The number of amides is 1. The van der Waals surface area contributed by atoms with Gasteiger partial charge in [0, 0.05) is 18.7 Å². The first kappa shape index (κ1) is 25.5. The lowest BCUT2D eigenvalue weighted by Gasteiger charge is -2.16. The topological polar surface area (TPSA) is 112 Å². The number of thioether (sulfide) groups is 1. The first-order valence-electron chi connectivity index (χ1n) is 10.8. The van der Waals surface area contributed by atoms with Gasteiger partial charge in [0.2, 0.25) is 5.91 Å². The highest BCUT2D eigenvalue weighted by Crippen LogP contribution is 2.28. The average Bonchev–Trinajstić information content (AvgIpc) is 3.22. The number of hydrogen-bond acceptors (Lipinski definition) is 7. The Labute approximate surface area is 207 Å². The molecule has 0 aliphatic carbocycles. The lowest BCUT2D eigenvalue weighted by atomic mass is 10.0. The molecule has 1 atom stereocenters. The summed E-state index contributed by atoms with van der Waals surface area (Å²) >= 11 is 7.26. The first-order chi connectivity index (χ1) is 16.2. The van der Waals surface area contributed by atoms with Gasteiger partial charge in [0.25, 0.3) is 5.69 Å². The quantitative estimate of drug-likeness (QED) is 0.209. The molecule has 0 fully saturated rings. The molecule has 0 bridgehead atoms. The number of aromatic nitrogens is 3. The lowest BCUT2D eigenvalue weighted by Crippen LogP contribution is -2.16. The van der Waals surface area contributed by atoms with Gasteiger partial charge < -0.3 is 14.6 Å². The van der Waals surface area contributed by atoms with Gasteiger partial charge in [0.15, 0.2) is 17.1 Å². The zero-order chi connectivity index (χ0) is 24.8. The number of carbonyl (C=O) groups excluding carboxylic acids is 1. The number of ether oxygens (including phenoxy) is 1. The van der Waals surface area contributed by atoms with Crippen molar-refractivity contribution in [2.75, 3.05) is 11.1 Å². The third-order valence-corrected chi connectivity index (χ3v) is 6.35. The number of hydrogen-bond donors (Lipinski definition) is 1. The highest BCUT2D eigenvalue weighted by atomic mass is 35.5. The van der Waals surface area contributed by atoms with Gasteiger partial charge in [-0.2, -0.15) is 0 Å². The molecule has 2 aromatic carbocycles. The maximum Gasteiger partial charge on any atom is 0.271 e. The summed E-state index contributed by atoms with van der Waals surface area (Å²) in [5.41, 5.74) is 1.26. The molecule has 0 aliphatic heterocycles. The second kappa shape index (κ2) is 11.3. The molecule has 1 N–H and O–H groups in total. The Morgan fingerprint density at radius 2 is 1.91 bits per heavy atom. The van der Waals surface area contributed by atoms with Crippen molar-refractivity contribution in [3.8, 4) is 5.75 Å². The summed E-state index contributed by atoms with van der Waals surface area (Å²) in [6.45, 7) is 8.74. The molecule has 1 amide bonds. The highest BCUT2D eigenvalue weighted by molar-refractivity contribution is 7.99. The molecule has 0 radical (unpaired) electrons. The molecule has 11 heteroatoms. The lowest BCUT2D eigenvalue weighted by molar-refractivity contribution is -0.384. The van der Waals surface area contributed by atoms with Crippen LogP contribution in [0.25, 0.3) is 0 Å². The van der Waals surface area contributed by atoms with Crippen LogP contribution in [0.4, 0.5) is 11.4 Å². The van der Waals surface area contributed by atoms with E-state index in [1.807, 2.05) is 42.7 Å². The van der Waals surface area contributed by atoms with Gasteiger partial charge in [-0.05, 0) is 43.5 Å². The second-order valence-electron chi connectivity index (χ2n) is 7.83. The van der Waals surface area contributed by atoms with Crippen LogP contribution in [0, 0.1) is 10.1 Å². The predicted molar refractivity (Wildman–Crippen MR) is 133 cm³/mol. The van der Waals surface area contributed by atoms with Crippen LogP contribution in [-0.4, -0.2) is 31.3 Å². The van der Waals surface area contributed by atoms with Crippen LogP contribution in [-0.2, 0) is 11.3 Å². The van der Waals surface area contributed by atoms with Gasteiger partial charge in [-0.15, -0.1) is 10.2 Å². The molecule has 0 spiro atoms. The summed E-state index contributed by atoms with van der Waals surface area (Å²) in [7, 11) is 0. The van der Waals surface area contributed by atoms with E-state index in [-0.39, 0.29) is 34.2 Å². The number of nitrogens with zero attached hydrogens (tertiary/aromatic N) is 4. The first-order valence-corrected chi connectivity index (χ1v) is 12.1. The van der Waals surface area contributed by atoms with Gasteiger partial charge in [-0.25, -0.2) is 0 Å². The summed E-state index contributed by atoms with van der Waals surface area (Å²) in [6, 6.07) is 11.9. The van der Waals surface area contributed by atoms with E-state index >= 15 is 0 Å². The fraction of sp³-hybridized carbons (Fsp3) is 0.348. The minimum absolute atomic E-state index is 0.0308. The summed E-state index contributed by atoms with van der Waals surface area (Å²) < 4.78 is 7.95. The number of anilines is 1. The van der Waals surface area contributed by atoms with Gasteiger partial charge >= 0.3 is 0 Å². The van der Waals surface area contributed by atoms with Crippen LogP contribution < -0.4 is 10.1 Å². The van der Waals surface area contributed by atoms with Crippen molar-refractivity contribution in [2.45, 2.75) is 51.4 Å². The van der Waals surface area contributed by atoms with E-state index in [4.69, 9.17) is 16.3 Å². The van der Waals surface area contributed by atoms with Crippen molar-refractivity contribution >= 4 is 40.6 Å². The second-order valence-corrected chi connectivity index (χ2v) is 9.18. The number of nitrogens with one attached hydrogen (secondary N) is 1. The van der Waals surface area contributed by atoms with Crippen LogP contribution in [0.3, 0.4) is 0 Å². The van der Waals surface area contributed by atoms with Crippen molar-refractivity contribution in [1.82, 2.24) is 14.8 Å². The van der Waals surface area contributed by atoms with E-state index < -0.39 is 4.92 Å². The monoisotopic (exact) mass is 503 g/mol. The number of benzene rings is 2. The molecular weight excluding hydrogens is 478 g/mol. The number of halogens is 1. The third kappa shape index (κ3) is 6.27. The van der Waals surface area contributed by atoms with Gasteiger partial charge in [0.1, 0.15) is 5.75 Å². The molecule has 0 saturated carbocycles. The van der Waals surface area contributed by atoms with Gasteiger partial charge in [0.05, 0.1) is 21.4 Å². The normalized spacial score (nSPS) is 11.9. The fourth-order valence-electron chi connectivity index (χ4n) is 3.23. The minimum Gasteiger partial charge on any atom is -0.483 e. The Kier molecular flexibility index (Phi) is 8.51.